The summed E-state index contributed by atoms with van der Waals surface area (Å²) in [5.74, 6) is 0.831. The number of ether oxygens (including phenoxy) is 1. The number of aromatic nitrogens is 2. The zero-order valence-electron chi connectivity index (χ0n) is 7.46. The molecule has 0 saturated carbocycles. The van der Waals surface area contributed by atoms with E-state index in [9.17, 15) is 0 Å². The van der Waals surface area contributed by atoms with E-state index in [1.165, 1.54) is 6.33 Å². The Labute approximate surface area is 85.9 Å². The highest BCUT2D eigenvalue weighted by molar-refractivity contribution is 9.10. The van der Waals surface area contributed by atoms with Gasteiger partial charge in [0.1, 0.15) is 16.7 Å². The average Bonchev–Trinajstić information content (AvgIpc) is 2.13. The van der Waals surface area contributed by atoms with Crippen LogP contribution >= 0.6 is 15.9 Å². The zero-order valence-corrected chi connectivity index (χ0v) is 9.04. The second kappa shape index (κ2) is 5.88. The van der Waals surface area contributed by atoms with Gasteiger partial charge in [-0.15, -0.1) is 0 Å². The Kier molecular flexibility index (Phi) is 4.70. The van der Waals surface area contributed by atoms with Gasteiger partial charge in [-0.3, -0.25) is 0 Å². The molecule has 0 spiro atoms. The first-order chi connectivity index (χ1) is 6.33. The summed E-state index contributed by atoms with van der Waals surface area (Å²) in [6.45, 7) is 1.62. The van der Waals surface area contributed by atoms with Crippen molar-refractivity contribution in [1.29, 1.82) is 0 Å². The first kappa shape index (κ1) is 10.4. The van der Waals surface area contributed by atoms with Crippen molar-refractivity contribution in [3.63, 3.8) is 0 Å². The highest BCUT2D eigenvalue weighted by atomic mass is 79.9. The molecule has 0 aliphatic heterocycles. The molecule has 0 bridgehead atoms. The molecule has 13 heavy (non-hydrogen) atoms. The van der Waals surface area contributed by atoms with Crippen LogP contribution in [0.2, 0.25) is 0 Å². The lowest BCUT2D eigenvalue weighted by molar-refractivity contribution is 0.198. The number of halogens is 1. The van der Waals surface area contributed by atoms with Crippen molar-refractivity contribution in [3.8, 4) is 0 Å². The summed E-state index contributed by atoms with van der Waals surface area (Å²) < 4.78 is 5.71. The van der Waals surface area contributed by atoms with Crippen LogP contribution in [0.3, 0.4) is 0 Å². The predicted octanol–water partition coefficient (Wildman–Crippen LogP) is 1.69. The molecule has 1 rings (SSSR count). The van der Waals surface area contributed by atoms with E-state index in [0.717, 1.165) is 30.0 Å². The number of methoxy groups -OCH3 is 1. The van der Waals surface area contributed by atoms with Gasteiger partial charge >= 0.3 is 0 Å². The Hall–Kier alpha value is -0.680. The van der Waals surface area contributed by atoms with Gasteiger partial charge in [-0.05, 0) is 22.4 Å². The van der Waals surface area contributed by atoms with E-state index in [1.54, 1.807) is 7.11 Å². The molecule has 0 saturated heterocycles. The Morgan fingerprint density at radius 3 is 3.08 bits per heavy atom. The van der Waals surface area contributed by atoms with E-state index < -0.39 is 0 Å². The fourth-order valence-electron chi connectivity index (χ4n) is 0.863. The molecule has 4 nitrogen and oxygen atoms in total. The standard InChI is InChI=1S/C8H12BrN3O/c1-13-4-2-3-10-8-5-7(9)11-6-12-8/h5-6H,2-4H2,1H3,(H,10,11,12). The average molecular weight is 246 g/mol. The summed E-state index contributed by atoms with van der Waals surface area (Å²) in [4.78, 5) is 7.97. The third-order valence-corrected chi connectivity index (χ3v) is 1.90. The number of rotatable bonds is 5. The molecule has 0 amide bonds. The normalized spacial score (nSPS) is 10.0. The van der Waals surface area contributed by atoms with Crippen molar-refractivity contribution in [3.05, 3.63) is 17.0 Å². The number of nitrogens with zero attached hydrogens (tertiary/aromatic N) is 2. The molecule has 1 N–H and O–H groups in total. The summed E-state index contributed by atoms with van der Waals surface area (Å²) in [5, 5.41) is 3.16. The van der Waals surface area contributed by atoms with Gasteiger partial charge in [0.25, 0.3) is 0 Å². The van der Waals surface area contributed by atoms with Gasteiger partial charge in [0.05, 0.1) is 0 Å². The van der Waals surface area contributed by atoms with Crippen LogP contribution in [0.15, 0.2) is 17.0 Å². The monoisotopic (exact) mass is 245 g/mol. The molecule has 1 aromatic heterocycles. The lowest BCUT2D eigenvalue weighted by atomic mass is 10.4. The second-order valence-corrected chi connectivity index (χ2v) is 3.31. The third-order valence-electron chi connectivity index (χ3n) is 1.47. The lowest BCUT2D eigenvalue weighted by Crippen LogP contribution is -2.05. The van der Waals surface area contributed by atoms with E-state index in [0.29, 0.717) is 0 Å². The van der Waals surface area contributed by atoms with Crippen molar-refractivity contribution in [2.45, 2.75) is 6.42 Å². The van der Waals surface area contributed by atoms with E-state index in [2.05, 4.69) is 31.2 Å². The van der Waals surface area contributed by atoms with E-state index in [1.807, 2.05) is 6.07 Å². The summed E-state index contributed by atoms with van der Waals surface area (Å²) in [5.41, 5.74) is 0. The van der Waals surface area contributed by atoms with Gasteiger partial charge in [-0.2, -0.15) is 0 Å². The molecule has 0 radical (unpaired) electrons. The first-order valence-corrected chi connectivity index (χ1v) is 4.82. The molecule has 1 aromatic rings. The Morgan fingerprint density at radius 2 is 2.38 bits per heavy atom. The largest absolute Gasteiger partial charge is 0.385 e. The van der Waals surface area contributed by atoms with Gasteiger partial charge in [-0.25, -0.2) is 9.97 Å². The highest BCUT2D eigenvalue weighted by Crippen LogP contribution is 2.08. The topological polar surface area (TPSA) is 47.0 Å². The van der Waals surface area contributed by atoms with Crippen molar-refractivity contribution < 1.29 is 4.74 Å². The van der Waals surface area contributed by atoms with Gasteiger partial charge in [0, 0.05) is 26.3 Å². The molecule has 0 unspecified atom stereocenters. The third kappa shape index (κ3) is 4.19. The van der Waals surface area contributed by atoms with Crippen molar-refractivity contribution in [1.82, 2.24) is 9.97 Å². The SMILES string of the molecule is COCCCNc1cc(Br)ncn1. The molecule has 5 heteroatoms. The zero-order chi connectivity index (χ0) is 9.52. The summed E-state index contributed by atoms with van der Waals surface area (Å²) in [6.07, 6.45) is 2.49. The maximum atomic E-state index is 4.92. The fourth-order valence-corrected chi connectivity index (χ4v) is 1.17. The van der Waals surface area contributed by atoms with Crippen LogP contribution in [0.5, 0.6) is 0 Å². The maximum absolute atomic E-state index is 4.92. The van der Waals surface area contributed by atoms with Crippen LogP contribution in [0.1, 0.15) is 6.42 Å². The number of nitrogens with one attached hydrogen (secondary N) is 1. The molecule has 0 atom stereocenters. The minimum atomic E-state index is 0.763. The van der Waals surface area contributed by atoms with Crippen LogP contribution in [0.4, 0.5) is 5.82 Å². The second-order valence-electron chi connectivity index (χ2n) is 2.50. The van der Waals surface area contributed by atoms with Gasteiger partial charge < -0.3 is 10.1 Å². The van der Waals surface area contributed by atoms with Crippen LogP contribution in [0, 0.1) is 0 Å². The van der Waals surface area contributed by atoms with Gasteiger partial charge in [0.2, 0.25) is 0 Å². The van der Waals surface area contributed by atoms with Gasteiger partial charge in [0.15, 0.2) is 0 Å². The Bertz CT molecular complexity index is 257. The number of anilines is 1. The fraction of sp³-hybridized carbons (Fsp3) is 0.500. The molecule has 1 heterocycles. The van der Waals surface area contributed by atoms with E-state index in [4.69, 9.17) is 4.74 Å². The van der Waals surface area contributed by atoms with Crippen LogP contribution in [-0.2, 0) is 4.74 Å². The maximum Gasteiger partial charge on any atom is 0.130 e. The number of hydrogen-bond donors (Lipinski definition) is 1. The van der Waals surface area contributed by atoms with Crippen molar-refractivity contribution in [2.24, 2.45) is 0 Å². The van der Waals surface area contributed by atoms with Crippen molar-refractivity contribution >= 4 is 21.7 Å². The van der Waals surface area contributed by atoms with Crippen molar-refractivity contribution in [2.75, 3.05) is 25.6 Å². The van der Waals surface area contributed by atoms with E-state index in [-0.39, 0.29) is 0 Å². The van der Waals surface area contributed by atoms with Crippen LogP contribution in [-0.4, -0.2) is 30.2 Å². The van der Waals surface area contributed by atoms with Crippen LogP contribution in [0.25, 0.3) is 0 Å². The lowest BCUT2D eigenvalue weighted by Gasteiger charge is -2.04. The van der Waals surface area contributed by atoms with E-state index >= 15 is 0 Å². The molecule has 0 fully saturated rings. The minimum Gasteiger partial charge on any atom is -0.385 e. The summed E-state index contributed by atoms with van der Waals surface area (Å²) in [7, 11) is 1.70. The molecule has 0 aliphatic rings. The molecule has 0 aliphatic carbocycles. The summed E-state index contributed by atoms with van der Waals surface area (Å²) >= 11 is 3.27. The Morgan fingerprint density at radius 1 is 1.54 bits per heavy atom. The quantitative estimate of drug-likeness (QED) is 0.634. The van der Waals surface area contributed by atoms with Crippen LogP contribution < -0.4 is 5.32 Å². The smallest absolute Gasteiger partial charge is 0.130 e. The molecule has 0 aromatic carbocycles. The first-order valence-electron chi connectivity index (χ1n) is 4.03. The molecule has 72 valence electrons. The summed E-state index contributed by atoms with van der Waals surface area (Å²) in [6, 6.07) is 1.84. The predicted molar refractivity (Wildman–Crippen MR) is 54.7 cm³/mol. The Balaban J connectivity index is 2.28. The minimum absolute atomic E-state index is 0.763. The highest BCUT2D eigenvalue weighted by Gasteiger charge is 1.94. The molecular formula is C8H12BrN3O. The number of hydrogen-bond acceptors (Lipinski definition) is 4. The molecular weight excluding hydrogens is 234 g/mol. The van der Waals surface area contributed by atoms with Gasteiger partial charge in [-0.1, -0.05) is 0 Å².